The molecule has 1 atom stereocenters. The van der Waals surface area contributed by atoms with Crippen LogP contribution in [0.3, 0.4) is 0 Å². The summed E-state index contributed by atoms with van der Waals surface area (Å²) in [5.41, 5.74) is 8.25. The largest absolute Gasteiger partial charge is 0.345 e. The summed E-state index contributed by atoms with van der Waals surface area (Å²) in [5, 5.41) is 0. The van der Waals surface area contributed by atoms with E-state index < -0.39 is 0 Å². The number of carbonyl (C=O) groups excluding carboxylic acids is 1. The zero-order chi connectivity index (χ0) is 14.1. The summed E-state index contributed by atoms with van der Waals surface area (Å²) < 4.78 is 0. The van der Waals surface area contributed by atoms with E-state index in [2.05, 4.69) is 21.9 Å². The average Bonchev–Trinajstić information content (AvgIpc) is 2.93. The maximum atomic E-state index is 12.7. The Morgan fingerprint density at radius 3 is 3.15 bits per heavy atom. The van der Waals surface area contributed by atoms with E-state index in [0.29, 0.717) is 12.1 Å². The zero-order valence-corrected chi connectivity index (χ0v) is 11.5. The minimum atomic E-state index is 0.0463. The van der Waals surface area contributed by atoms with Gasteiger partial charge in [-0.05, 0) is 25.2 Å². The van der Waals surface area contributed by atoms with Crippen LogP contribution in [0.4, 0.5) is 0 Å². The second-order valence-electron chi connectivity index (χ2n) is 5.28. The number of nitrogens with zero attached hydrogens (tertiary/aromatic N) is 3. The summed E-state index contributed by atoms with van der Waals surface area (Å²) in [6.07, 6.45) is 1.64. The van der Waals surface area contributed by atoms with Gasteiger partial charge in [-0.2, -0.15) is 0 Å². The van der Waals surface area contributed by atoms with E-state index in [-0.39, 0.29) is 11.9 Å². The maximum absolute atomic E-state index is 12.7. The molecule has 1 aromatic carbocycles. The molecule has 0 aliphatic carbocycles. The van der Waals surface area contributed by atoms with Crippen LogP contribution in [0.5, 0.6) is 0 Å². The molecule has 0 bridgehead atoms. The van der Waals surface area contributed by atoms with Crippen molar-refractivity contribution >= 4 is 16.9 Å². The third-order valence-electron chi connectivity index (χ3n) is 3.89. The van der Waals surface area contributed by atoms with E-state index in [9.17, 15) is 4.79 Å². The number of nitrogens with one attached hydrogen (secondary N) is 1. The van der Waals surface area contributed by atoms with Crippen molar-refractivity contribution < 1.29 is 4.79 Å². The topological polar surface area (TPSA) is 78.2 Å². The number of H-pyrrole nitrogens is 1. The highest BCUT2D eigenvalue weighted by molar-refractivity contribution is 5.97. The second-order valence-corrected chi connectivity index (χ2v) is 5.28. The van der Waals surface area contributed by atoms with Crippen molar-refractivity contribution in [2.75, 3.05) is 33.2 Å². The monoisotopic (exact) mass is 273 g/mol. The lowest BCUT2D eigenvalue weighted by Gasteiger charge is -2.39. The first kappa shape index (κ1) is 13.1. The Balaban J connectivity index is 1.86. The fourth-order valence-corrected chi connectivity index (χ4v) is 2.71. The molecule has 1 unspecified atom stereocenters. The number of hydrogen-bond donors (Lipinski definition) is 2. The van der Waals surface area contributed by atoms with Crippen LogP contribution in [0.2, 0.25) is 0 Å². The highest BCUT2D eigenvalue weighted by Gasteiger charge is 2.28. The van der Waals surface area contributed by atoms with Gasteiger partial charge in [0, 0.05) is 31.7 Å². The molecular weight excluding hydrogens is 254 g/mol. The van der Waals surface area contributed by atoms with E-state index in [1.54, 1.807) is 6.33 Å². The summed E-state index contributed by atoms with van der Waals surface area (Å²) >= 11 is 0. The van der Waals surface area contributed by atoms with Gasteiger partial charge in [0.2, 0.25) is 0 Å². The molecule has 1 aromatic heterocycles. The van der Waals surface area contributed by atoms with Crippen molar-refractivity contribution in [1.29, 1.82) is 0 Å². The van der Waals surface area contributed by atoms with E-state index >= 15 is 0 Å². The summed E-state index contributed by atoms with van der Waals surface area (Å²) in [6.45, 7) is 2.92. The van der Waals surface area contributed by atoms with Gasteiger partial charge in [0.15, 0.2) is 0 Å². The minimum Gasteiger partial charge on any atom is -0.345 e. The standard InChI is InChI=1S/C14H19N5O/c1-18-4-5-19(11(7-15)8-18)14(20)10-2-3-12-13(6-10)17-9-16-12/h2-3,6,9,11H,4-5,7-8,15H2,1H3,(H,16,17). The van der Waals surface area contributed by atoms with Crippen molar-refractivity contribution in [1.82, 2.24) is 19.8 Å². The van der Waals surface area contributed by atoms with E-state index in [0.717, 1.165) is 30.7 Å². The van der Waals surface area contributed by atoms with Crippen molar-refractivity contribution in [2.45, 2.75) is 6.04 Å². The minimum absolute atomic E-state index is 0.0463. The van der Waals surface area contributed by atoms with Crippen molar-refractivity contribution in [2.24, 2.45) is 5.73 Å². The molecule has 6 heteroatoms. The molecule has 2 heterocycles. The number of amides is 1. The van der Waals surface area contributed by atoms with Crippen LogP contribution in [0.1, 0.15) is 10.4 Å². The van der Waals surface area contributed by atoms with Gasteiger partial charge in [0.25, 0.3) is 5.91 Å². The van der Waals surface area contributed by atoms with Gasteiger partial charge < -0.3 is 20.5 Å². The van der Waals surface area contributed by atoms with Gasteiger partial charge >= 0.3 is 0 Å². The van der Waals surface area contributed by atoms with Crippen LogP contribution < -0.4 is 5.73 Å². The fourth-order valence-electron chi connectivity index (χ4n) is 2.71. The Hall–Kier alpha value is -1.92. The lowest BCUT2D eigenvalue weighted by atomic mass is 10.1. The molecule has 0 spiro atoms. The lowest BCUT2D eigenvalue weighted by Crippen LogP contribution is -2.56. The molecule has 1 saturated heterocycles. The Labute approximate surface area is 117 Å². The Bertz CT molecular complexity index is 623. The Morgan fingerprint density at radius 1 is 1.50 bits per heavy atom. The van der Waals surface area contributed by atoms with Gasteiger partial charge in [-0.1, -0.05) is 0 Å². The van der Waals surface area contributed by atoms with Crippen LogP contribution in [0, 0.1) is 0 Å². The summed E-state index contributed by atoms with van der Waals surface area (Å²) in [6, 6.07) is 5.64. The van der Waals surface area contributed by atoms with Crippen molar-refractivity contribution in [3.05, 3.63) is 30.1 Å². The lowest BCUT2D eigenvalue weighted by molar-refractivity contribution is 0.0516. The molecule has 2 aromatic rings. The number of fused-ring (bicyclic) bond motifs is 1. The van der Waals surface area contributed by atoms with Crippen LogP contribution in [-0.4, -0.2) is 64.9 Å². The summed E-state index contributed by atoms with van der Waals surface area (Å²) in [4.78, 5) is 24.0. The number of benzene rings is 1. The van der Waals surface area contributed by atoms with Gasteiger partial charge in [-0.3, -0.25) is 4.79 Å². The molecule has 1 aliphatic heterocycles. The predicted octanol–water partition coefficient (Wildman–Crippen LogP) is 0.278. The molecule has 3 N–H and O–H groups in total. The predicted molar refractivity (Wildman–Crippen MR) is 77.5 cm³/mol. The van der Waals surface area contributed by atoms with Crippen LogP contribution in [0.25, 0.3) is 11.0 Å². The van der Waals surface area contributed by atoms with Crippen molar-refractivity contribution in [3.63, 3.8) is 0 Å². The van der Waals surface area contributed by atoms with E-state index in [4.69, 9.17) is 5.73 Å². The second kappa shape index (κ2) is 5.22. The molecule has 106 valence electrons. The summed E-state index contributed by atoms with van der Waals surface area (Å²) in [5.74, 6) is 0.0463. The zero-order valence-electron chi connectivity index (χ0n) is 11.5. The SMILES string of the molecule is CN1CCN(C(=O)c2ccc3nc[nH]c3c2)C(CN)C1. The number of imidazole rings is 1. The number of likely N-dealkylation sites (N-methyl/N-ethyl adjacent to an activating group) is 1. The molecule has 6 nitrogen and oxygen atoms in total. The molecular formula is C14H19N5O. The number of hydrogen-bond acceptors (Lipinski definition) is 4. The third kappa shape index (κ3) is 2.28. The number of nitrogens with two attached hydrogens (primary N) is 1. The van der Waals surface area contributed by atoms with Crippen LogP contribution in [-0.2, 0) is 0 Å². The Kier molecular flexibility index (Phi) is 3.42. The van der Waals surface area contributed by atoms with E-state index in [1.165, 1.54) is 0 Å². The number of rotatable bonds is 2. The smallest absolute Gasteiger partial charge is 0.254 e. The van der Waals surface area contributed by atoms with Gasteiger partial charge in [0.05, 0.1) is 23.4 Å². The number of aromatic nitrogens is 2. The van der Waals surface area contributed by atoms with E-state index in [1.807, 2.05) is 23.1 Å². The Morgan fingerprint density at radius 2 is 2.35 bits per heavy atom. The number of carbonyl (C=O) groups is 1. The van der Waals surface area contributed by atoms with Gasteiger partial charge in [0.1, 0.15) is 0 Å². The first-order valence-corrected chi connectivity index (χ1v) is 6.82. The highest BCUT2D eigenvalue weighted by atomic mass is 16.2. The fraction of sp³-hybridized carbons (Fsp3) is 0.429. The maximum Gasteiger partial charge on any atom is 0.254 e. The van der Waals surface area contributed by atoms with Crippen LogP contribution in [0.15, 0.2) is 24.5 Å². The molecule has 0 saturated carbocycles. The highest BCUT2D eigenvalue weighted by Crippen LogP contribution is 2.16. The normalized spacial score (nSPS) is 20.5. The quantitative estimate of drug-likeness (QED) is 0.823. The molecule has 20 heavy (non-hydrogen) atoms. The van der Waals surface area contributed by atoms with Crippen molar-refractivity contribution in [3.8, 4) is 0 Å². The third-order valence-corrected chi connectivity index (χ3v) is 3.89. The molecule has 3 rings (SSSR count). The number of piperazine rings is 1. The first-order chi connectivity index (χ1) is 9.69. The molecule has 0 radical (unpaired) electrons. The van der Waals surface area contributed by atoms with Gasteiger partial charge in [-0.25, -0.2) is 4.98 Å². The molecule has 1 aliphatic rings. The van der Waals surface area contributed by atoms with Crippen LogP contribution >= 0.6 is 0 Å². The first-order valence-electron chi connectivity index (χ1n) is 6.82. The molecule has 1 amide bonds. The number of aromatic amines is 1. The average molecular weight is 273 g/mol. The summed E-state index contributed by atoms with van der Waals surface area (Å²) in [7, 11) is 2.06. The van der Waals surface area contributed by atoms with Gasteiger partial charge in [-0.15, -0.1) is 0 Å². The molecule has 1 fully saturated rings.